The fourth-order valence-corrected chi connectivity index (χ4v) is 2.52. The first-order valence-electron chi connectivity index (χ1n) is 6.10. The molecule has 1 amide bonds. The highest BCUT2D eigenvalue weighted by atomic mass is 19.4. The molecule has 0 aliphatic carbocycles. The van der Waals surface area contributed by atoms with Crippen LogP contribution in [0.2, 0.25) is 0 Å². The second-order valence-corrected chi connectivity index (χ2v) is 4.85. The number of hydrogen-bond acceptors (Lipinski definition) is 3. The number of benzene rings is 1. The van der Waals surface area contributed by atoms with E-state index in [0.717, 1.165) is 11.8 Å². The molecule has 1 aromatic carbocycles. The third kappa shape index (κ3) is 2.41. The number of azo groups is 1. The molecule has 3 rings (SSSR count). The van der Waals surface area contributed by atoms with Gasteiger partial charge >= 0.3 is 6.18 Å². The van der Waals surface area contributed by atoms with Crippen LogP contribution in [0.1, 0.15) is 11.1 Å². The van der Waals surface area contributed by atoms with E-state index in [1.54, 1.807) is 0 Å². The maximum Gasteiger partial charge on any atom is 0.406 e. The van der Waals surface area contributed by atoms with Gasteiger partial charge in [-0.25, -0.2) is 4.39 Å². The predicted octanol–water partition coefficient (Wildman–Crippen LogP) is 3.15. The minimum absolute atomic E-state index is 0.105. The molecule has 1 atom stereocenters. The molecular weight excluding hydrogens is 290 g/mol. The van der Waals surface area contributed by atoms with Gasteiger partial charge in [-0.1, -0.05) is 6.07 Å². The number of nitrogens with zero attached hydrogens (tertiary/aromatic N) is 3. The van der Waals surface area contributed by atoms with Crippen molar-refractivity contribution >= 4 is 5.91 Å². The van der Waals surface area contributed by atoms with Crippen LogP contribution in [-0.4, -0.2) is 17.0 Å². The fraction of sp³-hybridized carbons (Fsp3) is 0.308. The molecule has 110 valence electrons. The molecular formula is C13H9F4N3O. The first kappa shape index (κ1) is 13.7. The minimum atomic E-state index is -4.73. The molecule has 4 nitrogen and oxygen atoms in total. The lowest BCUT2D eigenvalue weighted by Crippen LogP contribution is -2.38. The van der Waals surface area contributed by atoms with Crippen molar-refractivity contribution < 1.29 is 22.4 Å². The second kappa shape index (κ2) is 4.64. The number of carbonyl (C=O) groups is 1. The number of halogens is 4. The number of carbonyl (C=O) groups excluding carboxylic acids is 1. The van der Waals surface area contributed by atoms with Crippen LogP contribution in [-0.2, 0) is 17.9 Å². The Bertz CT molecular complexity index is 666. The summed E-state index contributed by atoms with van der Waals surface area (Å²) in [5, 5.41) is 6.29. The van der Waals surface area contributed by atoms with Gasteiger partial charge in [-0.2, -0.15) is 18.3 Å². The summed E-state index contributed by atoms with van der Waals surface area (Å²) in [7, 11) is 0. The molecule has 0 bridgehead atoms. The van der Waals surface area contributed by atoms with Crippen LogP contribution in [0.15, 0.2) is 40.3 Å². The van der Waals surface area contributed by atoms with Gasteiger partial charge in [0, 0.05) is 13.1 Å². The molecule has 21 heavy (non-hydrogen) atoms. The van der Waals surface area contributed by atoms with Crippen molar-refractivity contribution in [2.24, 2.45) is 16.1 Å². The summed E-state index contributed by atoms with van der Waals surface area (Å²) in [6, 6.07) is 4.06. The summed E-state index contributed by atoms with van der Waals surface area (Å²) in [4.78, 5) is 12.8. The molecule has 1 aromatic rings. The van der Waals surface area contributed by atoms with E-state index in [1.807, 2.05) is 0 Å². The van der Waals surface area contributed by atoms with E-state index >= 15 is 0 Å². The zero-order valence-corrected chi connectivity index (χ0v) is 10.6. The van der Waals surface area contributed by atoms with E-state index in [-0.39, 0.29) is 18.8 Å². The molecule has 2 heterocycles. The van der Waals surface area contributed by atoms with E-state index in [4.69, 9.17) is 0 Å². The van der Waals surface area contributed by atoms with E-state index in [1.165, 1.54) is 23.1 Å². The monoisotopic (exact) mass is 299 g/mol. The zero-order chi connectivity index (χ0) is 15.2. The Balaban J connectivity index is 1.92. The van der Waals surface area contributed by atoms with E-state index in [9.17, 15) is 22.4 Å². The lowest BCUT2D eigenvalue weighted by Gasteiger charge is -2.28. The first-order valence-corrected chi connectivity index (χ1v) is 6.10. The number of hydrogen-bond donors (Lipinski definition) is 0. The highest BCUT2D eigenvalue weighted by Gasteiger charge is 2.50. The van der Waals surface area contributed by atoms with Crippen molar-refractivity contribution in [1.82, 2.24) is 4.90 Å². The molecule has 0 saturated heterocycles. The van der Waals surface area contributed by atoms with Gasteiger partial charge in [0.2, 0.25) is 0 Å². The van der Waals surface area contributed by atoms with E-state index in [0.29, 0.717) is 5.56 Å². The first-order chi connectivity index (χ1) is 9.86. The predicted molar refractivity (Wildman–Crippen MR) is 63.1 cm³/mol. The largest absolute Gasteiger partial charge is 0.406 e. The quantitative estimate of drug-likeness (QED) is 0.748. The number of alkyl halides is 3. The third-order valence-corrected chi connectivity index (χ3v) is 3.47. The molecule has 0 saturated carbocycles. The summed E-state index contributed by atoms with van der Waals surface area (Å²) in [6.07, 6.45) is -3.79. The van der Waals surface area contributed by atoms with Gasteiger partial charge in [-0.05, 0) is 23.3 Å². The highest BCUT2D eigenvalue weighted by Crippen LogP contribution is 2.39. The van der Waals surface area contributed by atoms with Gasteiger partial charge < -0.3 is 4.90 Å². The van der Waals surface area contributed by atoms with Crippen LogP contribution in [0.25, 0.3) is 0 Å². The molecule has 0 N–H and O–H groups in total. The minimum Gasteiger partial charge on any atom is -0.364 e. The second-order valence-electron chi connectivity index (χ2n) is 4.85. The maximum absolute atomic E-state index is 13.2. The van der Waals surface area contributed by atoms with Gasteiger partial charge in [0.15, 0.2) is 5.92 Å². The van der Waals surface area contributed by atoms with Crippen molar-refractivity contribution in [3.63, 3.8) is 0 Å². The average Bonchev–Trinajstić information content (AvgIpc) is 2.79. The Morgan fingerprint density at radius 1 is 1.19 bits per heavy atom. The van der Waals surface area contributed by atoms with Crippen molar-refractivity contribution in [2.75, 3.05) is 0 Å². The summed E-state index contributed by atoms with van der Waals surface area (Å²) in [5.41, 5.74) is 1.08. The third-order valence-electron chi connectivity index (χ3n) is 3.47. The standard InChI is InChI=1S/C13H9F4N3O/c14-9-2-1-7-5-20(6-8(7)3-9)10-4-18-19-12(21)11(10)13(15,16)17/h1-4,11H,5-6H2. The van der Waals surface area contributed by atoms with Crippen LogP contribution in [0.3, 0.4) is 0 Å². The molecule has 0 aromatic heterocycles. The Labute approximate surface area is 116 Å². The average molecular weight is 299 g/mol. The van der Waals surface area contributed by atoms with Gasteiger partial charge in [-0.15, -0.1) is 5.11 Å². The SMILES string of the molecule is O=C1N=NC=C(N2Cc3ccc(F)cc3C2)C1C(F)(F)F. The van der Waals surface area contributed by atoms with Crippen molar-refractivity contribution in [3.8, 4) is 0 Å². The van der Waals surface area contributed by atoms with Crippen LogP contribution < -0.4 is 0 Å². The van der Waals surface area contributed by atoms with Crippen molar-refractivity contribution in [3.05, 3.63) is 47.0 Å². The topological polar surface area (TPSA) is 45.0 Å². The van der Waals surface area contributed by atoms with E-state index in [2.05, 4.69) is 10.2 Å². The van der Waals surface area contributed by atoms with Crippen molar-refractivity contribution in [1.29, 1.82) is 0 Å². The van der Waals surface area contributed by atoms with Crippen LogP contribution >= 0.6 is 0 Å². The molecule has 0 spiro atoms. The summed E-state index contributed by atoms with van der Waals surface area (Å²) >= 11 is 0. The Morgan fingerprint density at radius 2 is 1.90 bits per heavy atom. The highest BCUT2D eigenvalue weighted by molar-refractivity contribution is 5.83. The Morgan fingerprint density at radius 3 is 2.62 bits per heavy atom. The lowest BCUT2D eigenvalue weighted by molar-refractivity contribution is -0.177. The fourth-order valence-electron chi connectivity index (χ4n) is 2.52. The molecule has 8 heteroatoms. The van der Waals surface area contributed by atoms with Gasteiger partial charge in [0.1, 0.15) is 5.82 Å². The Hall–Kier alpha value is -2.25. The zero-order valence-electron chi connectivity index (χ0n) is 10.6. The lowest BCUT2D eigenvalue weighted by atomic mass is 10.0. The van der Waals surface area contributed by atoms with Gasteiger partial charge in [0.25, 0.3) is 5.91 Å². The summed E-state index contributed by atoms with van der Waals surface area (Å²) < 4.78 is 52.3. The normalized spacial score (nSPS) is 21.5. The van der Waals surface area contributed by atoms with Gasteiger partial charge in [-0.3, -0.25) is 4.79 Å². The maximum atomic E-state index is 13.2. The van der Waals surface area contributed by atoms with Crippen LogP contribution in [0.5, 0.6) is 0 Å². The molecule has 1 unspecified atom stereocenters. The number of fused-ring (bicyclic) bond motifs is 1. The molecule has 2 aliphatic heterocycles. The number of rotatable bonds is 1. The van der Waals surface area contributed by atoms with E-state index < -0.39 is 23.8 Å². The molecule has 0 fully saturated rings. The molecule has 2 aliphatic rings. The smallest absolute Gasteiger partial charge is 0.364 e. The summed E-state index contributed by atoms with van der Waals surface area (Å²) in [5.74, 6) is -4.09. The summed E-state index contributed by atoms with van der Waals surface area (Å²) in [6.45, 7) is 0.283. The van der Waals surface area contributed by atoms with Crippen LogP contribution in [0, 0.1) is 11.7 Å². The Kier molecular flexibility index (Phi) is 3.03. The van der Waals surface area contributed by atoms with Gasteiger partial charge in [0.05, 0.1) is 11.9 Å². The number of amides is 1. The van der Waals surface area contributed by atoms with Crippen LogP contribution in [0.4, 0.5) is 17.6 Å². The molecule has 0 radical (unpaired) electrons. The van der Waals surface area contributed by atoms with Crippen molar-refractivity contribution in [2.45, 2.75) is 19.3 Å².